The van der Waals surface area contributed by atoms with E-state index in [1.54, 1.807) is 18.2 Å². The van der Waals surface area contributed by atoms with Gasteiger partial charge in [0, 0.05) is 23.3 Å². The van der Waals surface area contributed by atoms with E-state index in [4.69, 9.17) is 0 Å². The Labute approximate surface area is 220 Å². The highest BCUT2D eigenvalue weighted by molar-refractivity contribution is 6.02. The van der Waals surface area contributed by atoms with E-state index in [2.05, 4.69) is 39.8 Å². The largest absolute Gasteiger partial charge is 0.573 e. The second kappa shape index (κ2) is 11.1. The number of alkyl halides is 3. The molecule has 0 unspecified atom stereocenters. The molecule has 1 heterocycles. The van der Waals surface area contributed by atoms with E-state index in [0.717, 1.165) is 55.7 Å². The number of rotatable bonds is 6. The average Bonchev–Trinajstić information content (AvgIpc) is 3.13. The van der Waals surface area contributed by atoms with Gasteiger partial charge in [0.15, 0.2) is 0 Å². The lowest BCUT2D eigenvalue weighted by atomic mass is 9.70. The van der Waals surface area contributed by atoms with Crippen molar-refractivity contribution < 1.29 is 22.7 Å². The topological polar surface area (TPSA) is 77.4 Å². The van der Waals surface area contributed by atoms with Crippen molar-refractivity contribution in [2.75, 3.05) is 22.1 Å². The number of anilines is 3. The normalized spacial score (nSPS) is 17.0. The number of carbonyl (C=O) groups is 1. The first kappa shape index (κ1) is 26.9. The fourth-order valence-corrected chi connectivity index (χ4v) is 5.30. The predicted molar refractivity (Wildman–Crippen MR) is 142 cm³/mol. The van der Waals surface area contributed by atoms with Crippen LogP contribution in [0.3, 0.4) is 0 Å². The Kier molecular flexibility index (Phi) is 7.81. The summed E-state index contributed by atoms with van der Waals surface area (Å²) < 4.78 is 41.1. The molecule has 198 valence electrons. The first-order valence-electron chi connectivity index (χ1n) is 12.4. The summed E-state index contributed by atoms with van der Waals surface area (Å²) in [5, 5.41) is 14.9. The third-order valence-corrected chi connectivity index (χ3v) is 7.14. The molecule has 0 radical (unpaired) electrons. The molecule has 6 nitrogen and oxygen atoms in total. The molecule has 1 fully saturated rings. The van der Waals surface area contributed by atoms with Crippen LogP contribution in [0.2, 0.25) is 0 Å². The maximum absolute atomic E-state index is 12.9. The number of urea groups is 1. The van der Waals surface area contributed by atoms with E-state index >= 15 is 0 Å². The van der Waals surface area contributed by atoms with E-state index in [-0.39, 0.29) is 16.9 Å². The van der Waals surface area contributed by atoms with Gasteiger partial charge in [-0.15, -0.1) is 13.2 Å². The van der Waals surface area contributed by atoms with Crippen LogP contribution < -0.4 is 20.3 Å². The number of hydrogen-bond donors (Lipinski definition) is 2. The molecule has 2 aliphatic rings. The third-order valence-electron chi connectivity index (χ3n) is 7.14. The lowest BCUT2D eigenvalue weighted by Crippen LogP contribution is -2.32. The van der Waals surface area contributed by atoms with Crippen LogP contribution in [0.25, 0.3) is 0 Å². The van der Waals surface area contributed by atoms with E-state index < -0.39 is 12.4 Å². The molecule has 0 atom stereocenters. The van der Waals surface area contributed by atoms with Crippen LogP contribution in [0, 0.1) is 16.7 Å². The summed E-state index contributed by atoms with van der Waals surface area (Å²) >= 11 is 0. The Bertz CT molecular complexity index is 1300. The van der Waals surface area contributed by atoms with Gasteiger partial charge in [-0.25, -0.2) is 4.79 Å². The number of nitriles is 1. The SMILES string of the molecule is C=C/C=C\C1=C(C)C2(CCCCC2)CN1c1ccc(C#N)cc1NC(=O)Nc1ccc(OC(F)(F)F)cc1. The lowest BCUT2D eigenvalue weighted by molar-refractivity contribution is -0.274. The fraction of sp³-hybridized carbons (Fsp3) is 0.310. The second-order valence-corrected chi connectivity index (χ2v) is 9.53. The Morgan fingerprint density at radius 1 is 1.13 bits per heavy atom. The van der Waals surface area contributed by atoms with Crippen molar-refractivity contribution in [1.82, 2.24) is 0 Å². The minimum absolute atomic E-state index is 0.0484. The maximum Gasteiger partial charge on any atom is 0.573 e. The van der Waals surface area contributed by atoms with Gasteiger partial charge in [-0.1, -0.05) is 38.0 Å². The molecule has 2 amide bonds. The number of allylic oxidation sites excluding steroid dienone is 3. The minimum Gasteiger partial charge on any atom is -0.406 e. The van der Waals surface area contributed by atoms with Gasteiger partial charge in [0.2, 0.25) is 0 Å². The van der Waals surface area contributed by atoms with Gasteiger partial charge in [-0.2, -0.15) is 5.26 Å². The first-order valence-corrected chi connectivity index (χ1v) is 12.4. The van der Waals surface area contributed by atoms with Gasteiger partial charge in [0.25, 0.3) is 0 Å². The average molecular weight is 523 g/mol. The Balaban J connectivity index is 1.60. The summed E-state index contributed by atoms with van der Waals surface area (Å²) in [6, 6.07) is 11.5. The Hall–Kier alpha value is -4.19. The van der Waals surface area contributed by atoms with Gasteiger partial charge in [0.05, 0.1) is 23.0 Å². The smallest absolute Gasteiger partial charge is 0.406 e. The van der Waals surface area contributed by atoms with Crippen molar-refractivity contribution >= 4 is 23.1 Å². The van der Waals surface area contributed by atoms with E-state index in [0.29, 0.717) is 11.3 Å². The van der Waals surface area contributed by atoms with Crippen molar-refractivity contribution in [1.29, 1.82) is 5.26 Å². The number of benzene rings is 2. The van der Waals surface area contributed by atoms with Crippen LogP contribution in [0.4, 0.5) is 35.0 Å². The number of ether oxygens (including phenoxy) is 1. The van der Waals surface area contributed by atoms with E-state index in [9.17, 15) is 23.2 Å². The Morgan fingerprint density at radius 2 is 1.84 bits per heavy atom. The highest BCUT2D eigenvalue weighted by atomic mass is 19.4. The zero-order valence-corrected chi connectivity index (χ0v) is 21.1. The van der Waals surface area contributed by atoms with Crippen LogP contribution in [-0.4, -0.2) is 18.9 Å². The molecule has 2 aromatic rings. The standard InChI is InChI=1S/C29H29F3N4O2/c1-3-4-8-25-20(2)28(15-6-5-7-16-28)19-36(25)26-14-9-21(18-33)17-24(26)35-27(37)34-22-10-12-23(13-11-22)38-29(30,31)32/h3-4,8-14,17H,1,5-7,15-16,19H2,2H3,(H2,34,35,37)/b8-4-. The van der Waals surface area contributed by atoms with Gasteiger partial charge in [-0.05, 0) is 73.9 Å². The molecular formula is C29H29F3N4O2. The van der Waals surface area contributed by atoms with Crippen LogP contribution in [-0.2, 0) is 0 Å². The molecule has 0 aromatic heterocycles. The van der Waals surface area contributed by atoms with Crippen LogP contribution >= 0.6 is 0 Å². The van der Waals surface area contributed by atoms with Crippen LogP contribution in [0.5, 0.6) is 5.75 Å². The zero-order chi connectivity index (χ0) is 27.3. The molecule has 1 saturated carbocycles. The Morgan fingerprint density at radius 3 is 2.47 bits per heavy atom. The van der Waals surface area contributed by atoms with Gasteiger partial charge in [-0.3, -0.25) is 0 Å². The molecule has 1 aliphatic heterocycles. The molecule has 4 rings (SSSR count). The molecule has 1 aliphatic carbocycles. The fourth-order valence-electron chi connectivity index (χ4n) is 5.30. The number of nitrogens with one attached hydrogen (secondary N) is 2. The summed E-state index contributed by atoms with van der Waals surface area (Å²) in [5.74, 6) is -0.389. The van der Waals surface area contributed by atoms with Crippen LogP contribution in [0.1, 0.15) is 44.6 Å². The summed E-state index contributed by atoms with van der Waals surface area (Å²) in [6.45, 7) is 6.73. The van der Waals surface area contributed by atoms with Gasteiger partial charge < -0.3 is 20.3 Å². The summed E-state index contributed by atoms with van der Waals surface area (Å²) in [5.41, 5.74) is 4.25. The highest BCUT2D eigenvalue weighted by Crippen LogP contribution is 2.51. The monoisotopic (exact) mass is 522 g/mol. The summed E-state index contributed by atoms with van der Waals surface area (Å²) in [6.07, 6.45) is 6.58. The number of halogens is 3. The van der Waals surface area contributed by atoms with Crippen molar-refractivity contribution in [3.8, 4) is 11.8 Å². The first-order chi connectivity index (χ1) is 18.1. The predicted octanol–water partition coefficient (Wildman–Crippen LogP) is 7.89. The number of nitrogens with zero attached hydrogens (tertiary/aromatic N) is 2. The zero-order valence-electron chi connectivity index (χ0n) is 21.1. The molecule has 2 aromatic carbocycles. The molecule has 1 spiro atoms. The molecule has 9 heteroatoms. The molecule has 0 saturated heterocycles. The van der Waals surface area contributed by atoms with E-state index in [1.165, 1.54) is 24.1 Å². The summed E-state index contributed by atoms with van der Waals surface area (Å²) in [7, 11) is 0. The molecular weight excluding hydrogens is 493 g/mol. The maximum atomic E-state index is 12.9. The third kappa shape index (κ3) is 6.02. The number of amides is 2. The van der Waals surface area contributed by atoms with Gasteiger partial charge in [0.1, 0.15) is 5.75 Å². The molecule has 2 N–H and O–H groups in total. The van der Waals surface area contributed by atoms with Crippen molar-refractivity contribution in [3.63, 3.8) is 0 Å². The molecule has 0 bridgehead atoms. The number of carbonyl (C=O) groups excluding carboxylic acids is 1. The quantitative estimate of drug-likeness (QED) is 0.378. The minimum atomic E-state index is -4.80. The van der Waals surface area contributed by atoms with Crippen molar-refractivity contribution in [3.05, 3.63) is 84.1 Å². The summed E-state index contributed by atoms with van der Waals surface area (Å²) in [4.78, 5) is 15.1. The van der Waals surface area contributed by atoms with Crippen molar-refractivity contribution in [2.24, 2.45) is 5.41 Å². The van der Waals surface area contributed by atoms with Crippen LogP contribution in [0.15, 0.2) is 78.5 Å². The lowest BCUT2D eigenvalue weighted by Gasteiger charge is -2.36. The molecule has 38 heavy (non-hydrogen) atoms. The second-order valence-electron chi connectivity index (χ2n) is 9.53. The number of hydrogen-bond acceptors (Lipinski definition) is 4. The van der Waals surface area contributed by atoms with E-state index in [1.807, 2.05) is 18.2 Å². The highest BCUT2D eigenvalue weighted by Gasteiger charge is 2.43. The van der Waals surface area contributed by atoms with Gasteiger partial charge >= 0.3 is 12.4 Å². The van der Waals surface area contributed by atoms with Crippen molar-refractivity contribution in [2.45, 2.75) is 45.4 Å².